The molecule has 30 heavy (non-hydrogen) atoms. The van der Waals surface area contributed by atoms with E-state index in [2.05, 4.69) is 10.3 Å². The highest BCUT2D eigenvalue weighted by molar-refractivity contribution is 7.89. The van der Waals surface area contributed by atoms with Gasteiger partial charge in [-0.15, -0.1) is 0 Å². The first-order valence-electron chi connectivity index (χ1n) is 9.57. The number of aromatic nitrogens is 1. The summed E-state index contributed by atoms with van der Waals surface area (Å²) in [6.07, 6.45) is 3.01. The average Bonchev–Trinajstić information content (AvgIpc) is 2.72. The van der Waals surface area contributed by atoms with Gasteiger partial charge in [0.25, 0.3) is 0 Å². The number of rotatable bonds is 7. The lowest BCUT2D eigenvalue weighted by Crippen LogP contribution is -2.04. The molecule has 0 atom stereocenters. The lowest BCUT2D eigenvalue weighted by atomic mass is 10.1. The third kappa shape index (κ3) is 5.15. The van der Waals surface area contributed by atoms with Crippen LogP contribution in [-0.2, 0) is 22.1 Å². The van der Waals surface area contributed by atoms with Gasteiger partial charge < -0.3 is 10.1 Å². The van der Waals surface area contributed by atoms with E-state index in [0.717, 1.165) is 39.2 Å². The first-order valence-corrected chi connectivity index (χ1v) is 11.6. The summed E-state index contributed by atoms with van der Waals surface area (Å²) in [7, 11) is -3.06. The normalized spacial score (nSPS) is 11.4. The molecule has 0 saturated heterocycles. The predicted octanol–water partition coefficient (Wildman–Crippen LogP) is 5.18. The number of nitrogens with zero attached hydrogens (tertiary/aromatic N) is 1. The average molecular weight is 419 g/mol. The zero-order valence-electron chi connectivity index (χ0n) is 16.6. The van der Waals surface area contributed by atoms with Gasteiger partial charge in [0.15, 0.2) is 9.84 Å². The van der Waals surface area contributed by atoms with E-state index < -0.39 is 9.84 Å². The zero-order chi connectivity index (χ0) is 21.0. The van der Waals surface area contributed by atoms with Crippen molar-refractivity contribution in [1.29, 1.82) is 0 Å². The highest BCUT2D eigenvalue weighted by Gasteiger charge is 2.07. The van der Waals surface area contributed by atoms with Crippen molar-refractivity contribution in [3.8, 4) is 11.5 Å². The molecule has 0 aliphatic carbocycles. The monoisotopic (exact) mass is 418 g/mol. The molecule has 4 aromatic rings. The van der Waals surface area contributed by atoms with Gasteiger partial charge in [0.1, 0.15) is 11.5 Å². The maximum atomic E-state index is 11.6. The molecule has 5 nitrogen and oxygen atoms in total. The summed E-state index contributed by atoms with van der Waals surface area (Å²) < 4.78 is 29.1. The fraction of sp³-hybridized carbons (Fsp3) is 0.125. The second-order valence-electron chi connectivity index (χ2n) is 7.20. The topological polar surface area (TPSA) is 68.3 Å². The third-order valence-corrected chi connectivity index (χ3v) is 5.45. The van der Waals surface area contributed by atoms with Gasteiger partial charge in [-0.1, -0.05) is 42.5 Å². The molecule has 0 aliphatic rings. The molecule has 0 fully saturated rings. The molecular formula is C24H22N2O3S. The van der Waals surface area contributed by atoms with Gasteiger partial charge in [0, 0.05) is 30.1 Å². The Morgan fingerprint density at radius 3 is 2.47 bits per heavy atom. The van der Waals surface area contributed by atoms with Crippen LogP contribution in [-0.4, -0.2) is 19.7 Å². The van der Waals surface area contributed by atoms with Gasteiger partial charge in [-0.3, -0.25) is 4.98 Å². The Labute approximate surface area is 176 Å². The SMILES string of the molecule is CS(=O)(=O)Cc1cccc(CNc2ccnc3ccc(Oc4ccccc4)cc23)c1. The van der Waals surface area contributed by atoms with E-state index in [4.69, 9.17) is 4.74 Å². The first kappa shape index (κ1) is 19.9. The molecule has 0 amide bonds. The molecule has 152 valence electrons. The highest BCUT2D eigenvalue weighted by atomic mass is 32.2. The Morgan fingerprint density at radius 2 is 1.67 bits per heavy atom. The van der Waals surface area contributed by atoms with Crippen LogP contribution < -0.4 is 10.1 Å². The predicted molar refractivity (Wildman–Crippen MR) is 121 cm³/mol. The van der Waals surface area contributed by atoms with E-state index in [1.165, 1.54) is 6.26 Å². The highest BCUT2D eigenvalue weighted by Crippen LogP contribution is 2.29. The molecule has 3 aromatic carbocycles. The van der Waals surface area contributed by atoms with E-state index in [1.54, 1.807) is 6.20 Å². The quantitative estimate of drug-likeness (QED) is 0.448. The number of fused-ring (bicyclic) bond motifs is 1. The van der Waals surface area contributed by atoms with Crippen LogP contribution >= 0.6 is 0 Å². The minimum atomic E-state index is -3.06. The van der Waals surface area contributed by atoms with E-state index in [0.29, 0.717) is 6.54 Å². The number of ether oxygens (including phenoxy) is 1. The number of pyridine rings is 1. The van der Waals surface area contributed by atoms with Crippen molar-refractivity contribution in [1.82, 2.24) is 4.98 Å². The molecule has 6 heteroatoms. The van der Waals surface area contributed by atoms with E-state index >= 15 is 0 Å². The summed E-state index contributed by atoms with van der Waals surface area (Å²) in [5.41, 5.74) is 3.60. The summed E-state index contributed by atoms with van der Waals surface area (Å²) in [5, 5.41) is 4.40. The number of benzene rings is 3. The number of sulfone groups is 1. The van der Waals surface area contributed by atoms with Crippen LogP contribution in [0.25, 0.3) is 10.9 Å². The summed E-state index contributed by atoms with van der Waals surface area (Å²) in [6.45, 7) is 0.570. The van der Waals surface area contributed by atoms with Crippen molar-refractivity contribution in [3.63, 3.8) is 0 Å². The molecule has 1 heterocycles. The fourth-order valence-corrected chi connectivity index (χ4v) is 4.08. The van der Waals surface area contributed by atoms with Crippen LogP contribution in [0.1, 0.15) is 11.1 Å². The third-order valence-electron chi connectivity index (χ3n) is 4.60. The second kappa shape index (κ2) is 8.55. The molecule has 1 N–H and O–H groups in total. The first-order chi connectivity index (χ1) is 14.5. The van der Waals surface area contributed by atoms with Gasteiger partial charge in [-0.2, -0.15) is 0 Å². The smallest absolute Gasteiger partial charge is 0.151 e. The van der Waals surface area contributed by atoms with Crippen molar-refractivity contribution in [3.05, 3.63) is 96.2 Å². The van der Waals surface area contributed by atoms with E-state index in [-0.39, 0.29) is 5.75 Å². The number of hydrogen-bond donors (Lipinski definition) is 1. The second-order valence-corrected chi connectivity index (χ2v) is 9.34. The van der Waals surface area contributed by atoms with Gasteiger partial charge in [0.2, 0.25) is 0 Å². The molecule has 1 aromatic heterocycles. The zero-order valence-corrected chi connectivity index (χ0v) is 17.4. The van der Waals surface area contributed by atoms with Crippen LogP contribution in [0.5, 0.6) is 11.5 Å². The molecular weight excluding hydrogens is 396 g/mol. The number of nitrogens with one attached hydrogen (secondary N) is 1. The minimum Gasteiger partial charge on any atom is -0.457 e. The Morgan fingerprint density at radius 1 is 0.867 bits per heavy atom. The molecule has 0 spiro atoms. The summed E-state index contributed by atoms with van der Waals surface area (Å²) >= 11 is 0. The van der Waals surface area contributed by atoms with Gasteiger partial charge in [0.05, 0.1) is 11.3 Å². The number of para-hydroxylation sites is 1. The molecule has 4 rings (SSSR count). The van der Waals surface area contributed by atoms with Crippen LogP contribution in [0.15, 0.2) is 85.1 Å². The van der Waals surface area contributed by atoms with Crippen molar-refractivity contribution in [2.45, 2.75) is 12.3 Å². The van der Waals surface area contributed by atoms with Gasteiger partial charge in [-0.05, 0) is 47.5 Å². The Hall–Kier alpha value is -3.38. The molecule has 0 aliphatic heterocycles. The lowest BCUT2D eigenvalue weighted by Gasteiger charge is -2.12. The van der Waals surface area contributed by atoms with Crippen molar-refractivity contribution < 1.29 is 13.2 Å². The lowest BCUT2D eigenvalue weighted by molar-refractivity contribution is 0.483. The maximum absolute atomic E-state index is 11.6. The van der Waals surface area contributed by atoms with E-state index in [9.17, 15) is 8.42 Å². The van der Waals surface area contributed by atoms with Gasteiger partial charge in [-0.25, -0.2) is 8.42 Å². The standard InChI is InChI=1S/C24H22N2O3S/c1-30(27,28)17-19-7-5-6-18(14-19)16-26-24-12-13-25-23-11-10-21(15-22(23)24)29-20-8-3-2-4-9-20/h2-15H,16-17H2,1H3,(H,25,26). The van der Waals surface area contributed by atoms with Crippen molar-refractivity contribution >= 4 is 26.4 Å². The molecule has 0 radical (unpaired) electrons. The molecule has 0 bridgehead atoms. The molecule has 0 saturated carbocycles. The van der Waals surface area contributed by atoms with Crippen molar-refractivity contribution in [2.75, 3.05) is 11.6 Å². The Bertz CT molecular complexity index is 1270. The van der Waals surface area contributed by atoms with E-state index in [1.807, 2.05) is 78.9 Å². The van der Waals surface area contributed by atoms with Crippen LogP contribution in [0.3, 0.4) is 0 Å². The Kier molecular flexibility index (Phi) is 5.68. The van der Waals surface area contributed by atoms with Crippen molar-refractivity contribution in [2.24, 2.45) is 0 Å². The summed E-state index contributed by atoms with van der Waals surface area (Å²) in [6, 6.07) is 25.0. The molecule has 0 unspecified atom stereocenters. The summed E-state index contributed by atoms with van der Waals surface area (Å²) in [5.74, 6) is 1.55. The Balaban J connectivity index is 1.55. The van der Waals surface area contributed by atoms with Gasteiger partial charge >= 0.3 is 0 Å². The fourth-order valence-electron chi connectivity index (χ4n) is 3.30. The van der Waals surface area contributed by atoms with Crippen LogP contribution in [0.2, 0.25) is 0 Å². The number of anilines is 1. The largest absolute Gasteiger partial charge is 0.457 e. The number of hydrogen-bond acceptors (Lipinski definition) is 5. The summed E-state index contributed by atoms with van der Waals surface area (Å²) in [4.78, 5) is 4.44. The maximum Gasteiger partial charge on any atom is 0.151 e. The van der Waals surface area contributed by atoms with Crippen LogP contribution in [0, 0.1) is 0 Å². The minimum absolute atomic E-state index is 0.0409. The van der Waals surface area contributed by atoms with Crippen LogP contribution in [0.4, 0.5) is 5.69 Å².